The van der Waals surface area contributed by atoms with E-state index in [4.69, 9.17) is 11.6 Å². The average molecular weight is 414 g/mol. The van der Waals surface area contributed by atoms with E-state index < -0.39 is 4.92 Å². The number of likely N-dealkylation sites (tertiary alicyclic amines) is 1. The molecule has 2 N–H and O–H groups in total. The fraction of sp³-hybridized carbons (Fsp3) is 0.300. The third-order valence-corrected chi connectivity index (χ3v) is 5.70. The van der Waals surface area contributed by atoms with Gasteiger partial charge in [-0.25, -0.2) is 0 Å². The van der Waals surface area contributed by atoms with Gasteiger partial charge in [0.25, 0.3) is 5.69 Å². The largest absolute Gasteiger partial charge is 0.308 e. The van der Waals surface area contributed by atoms with Gasteiger partial charge in [0, 0.05) is 34.0 Å². The number of aromatic nitrogens is 2. The van der Waals surface area contributed by atoms with Crippen molar-refractivity contribution in [2.45, 2.75) is 12.8 Å². The summed E-state index contributed by atoms with van der Waals surface area (Å²) in [6.45, 7) is 1.80. The maximum absolute atomic E-state index is 12.7. The molecule has 0 atom stereocenters. The number of hydrogen-bond donors (Lipinski definition) is 2. The first-order valence-electron chi connectivity index (χ1n) is 9.34. The molecule has 0 unspecified atom stereocenters. The Labute approximate surface area is 172 Å². The van der Waals surface area contributed by atoms with Gasteiger partial charge in [0.2, 0.25) is 5.91 Å². The molecule has 1 saturated heterocycles. The van der Waals surface area contributed by atoms with Crippen molar-refractivity contribution < 1.29 is 9.72 Å². The third kappa shape index (κ3) is 3.94. The number of aromatic amines is 1. The van der Waals surface area contributed by atoms with Gasteiger partial charge in [0.15, 0.2) is 5.82 Å². The van der Waals surface area contributed by atoms with Crippen LogP contribution in [-0.4, -0.2) is 46.1 Å². The van der Waals surface area contributed by atoms with Gasteiger partial charge in [0.1, 0.15) is 0 Å². The topological polar surface area (TPSA) is 104 Å². The van der Waals surface area contributed by atoms with Crippen LogP contribution in [0.2, 0.25) is 5.02 Å². The zero-order valence-electron chi connectivity index (χ0n) is 15.8. The van der Waals surface area contributed by atoms with E-state index in [1.807, 2.05) is 18.2 Å². The summed E-state index contributed by atoms with van der Waals surface area (Å²) in [5.74, 6) is 0.380. The summed E-state index contributed by atoms with van der Waals surface area (Å²) in [5, 5.41) is 22.3. The molecule has 1 fully saturated rings. The van der Waals surface area contributed by atoms with Crippen LogP contribution in [0.5, 0.6) is 0 Å². The van der Waals surface area contributed by atoms with Crippen LogP contribution in [0.15, 0.2) is 36.4 Å². The Balaban J connectivity index is 1.64. The minimum atomic E-state index is -0.455. The quantitative estimate of drug-likeness (QED) is 0.495. The SMILES string of the molecule is CN1CCC(C(=O)Nc2n[nH]c3ccc(-c4cc([N+](=O)[O-])ccc4Cl)cc23)CC1. The molecule has 0 saturated carbocycles. The molecule has 150 valence electrons. The number of halogens is 1. The Bertz CT molecular complexity index is 1090. The number of amides is 1. The summed E-state index contributed by atoms with van der Waals surface area (Å²) in [6.07, 6.45) is 1.64. The van der Waals surface area contributed by atoms with Gasteiger partial charge >= 0.3 is 0 Å². The molecule has 29 heavy (non-hydrogen) atoms. The number of nitro groups is 1. The zero-order chi connectivity index (χ0) is 20.5. The summed E-state index contributed by atoms with van der Waals surface area (Å²) in [4.78, 5) is 25.5. The zero-order valence-corrected chi connectivity index (χ0v) is 16.6. The molecule has 1 aromatic heterocycles. The van der Waals surface area contributed by atoms with Crippen molar-refractivity contribution in [2.24, 2.45) is 5.92 Å². The normalized spacial score (nSPS) is 15.5. The molecule has 8 nitrogen and oxygen atoms in total. The van der Waals surface area contributed by atoms with Crippen molar-refractivity contribution in [1.29, 1.82) is 0 Å². The number of H-pyrrole nitrogens is 1. The van der Waals surface area contributed by atoms with E-state index >= 15 is 0 Å². The maximum atomic E-state index is 12.7. The van der Waals surface area contributed by atoms with Gasteiger partial charge in [-0.1, -0.05) is 17.7 Å². The third-order valence-electron chi connectivity index (χ3n) is 5.37. The molecule has 9 heteroatoms. The van der Waals surface area contributed by atoms with Crippen LogP contribution in [-0.2, 0) is 4.79 Å². The summed E-state index contributed by atoms with van der Waals surface area (Å²) in [6, 6.07) is 9.79. The summed E-state index contributed by atoms with van der Waals surface area (Å²) >= 11 is 6.28. The first-order valence-corrected chi connectivity index (χ1v) is 9.72. The van der Waals surface area contributed by atoms with Gasteiger partial charge in [-0.3, -0.25) is 20.0 Å². The summed E-state index contributed by atoms with van der Waals surface area (Å²) < 4.78 is 0. The lowest BCUT2D eigenvalue weighted by atomic mass is 9.96. The van der Waals surface area contributed by atoms with E-state index in [1.54, 1.807) is 0 Å². The van der Waals surface area contributed by atoms with E-state index in [9.17, 15) is 14.9 Å². The highest BCUT2D eigenvalue weighted by molar-refractivity contribution is 6.33. The molecular formula is C20H20ClN5O3. The number of anilines is 1. The highest BCUT2D eigenvalue weighted by Crippen LogP contribution is 2.34. The van der Waals surface area contributed by atoms with Crippen LogP contribution in [0.4, 0.5) is 11.5 Å². The molecule has 0 radical (unpaired) electrons. The summed E-state index contributed by atoms with van der Waals surface area (Å²) in [7, 11) is 2.05. The summed E-state index contributed by atoms with van der Waals surface area (Å²) in [5.41, 5.74) is 1.99. The molecule has 0 bridgehead atoms. The number of hydrogen-bond acceptors (Lipinski definition) is 5. The van der Waals surface area contributed by atoms with Crippen molar-refractivity contribution in [3.63, 3.8) is 0 Å². The van der Waals surface area contributed by atoms with Gasteiger partial charge in [-0.15, -0.1) is 0 Å². The number of piperidine rings is 1. The van der Waals surface area contributed by atoms with E-state index in [2.05, 4.69) is 27.5 Å². The predicted octanol–water partition coefficient (Wildman–Crippen LogP) is 4.07. The number of benzene rings is 2. The van der Waals surface area contributed by atoms with Crippen molar-refractivity contribution >= 4 is 39.9 Å². The highest BCUT2D eigenvalue weighted by atomic mass is 35.5. The Morgan fingerprint density at radius 2 is 2.03 bits per heavy atom. The number of carbonyl (C=O) groups is 1. The lowest BCUT2D eigenvalue weighted by molar-refractivity contribution is -0.384. The van der Waals surface area contributed by atoms with Crippen molar-refractivity contribution in [3.8, 4) is 11.1 Å². The molecule has 0 spiro atoms. The number of rotatable bonds is 4. The molecule has 1 aliphatic heterocycles. The van der Waals surface area contributed by atoms with Crippen LogP contribution in [0.25, 0.3) is 22.0 Å². The molecular weight excluding hydrogens is 394 g/mol. The van der Waals surface area contributed by atoms with Crippen molar-refractivity contribution in [1.82, 2.24) is 15.1 Å². The van der Waals surface area contributed by atoms with Crippen LogP contribution in [0.1, 0.15) is 12.8 Å². The fourth-order valence-electron chi connectivity index (χ4n) is 3.61. The average Bonchev–Trinajstić information content (AvgIpc) is 3.10. The van der Waals surface area contributed by atoms with Crippen molar-refractivity contribution in [2.75, 3.05) is 25.5 Å². The van der Waals surface area contributed by atoms with Gasteiger partial charge < -0.3 is 10.2 Å². The minimum Gasteiger partial charge on any atom is -0.308 e. The first-order chi connectivity index (χ1) is 13.9. The van der Waals surface area contributed by atoms with E-state index in [0.29, 0.717) is 22.0 Å². The number of nitrogens with one attached hydrogen (secondary N) is 2. The van der Waals surface area contributed by atoms with Crippen LogP contribution < -0.4 is 5.32 Å². The molecule has 2 aromatic carbocycles. The monoisotopic (exact) mass is 413 g/mol. The van der Waals surface area contributed by atoms with Crippen molar-refractivity contribution in [3.05, 3.63) is 51.5 Å². The Morgan fingerprint density at radius 1 is 1.28 bits per heavy atom. The lowest BCUT2D eigenvalue weighted by Crippen LogP contribution is -2.36. The second-order valence-electron chi connectivity index (χ2n) is 7.32. The fourth-order valence-corrected chi connectivity index (χ4v) is 3.84. The number of fused-ring (bicyclic) bond motifs is 1. The van der Waals surface area contributed by atoms with Gasteiger partial charge in [0.05, 0.1) is 10.4 Å². The van der Waals surface area contributed by atoms with Crippen LogP contribution in [0, 0.1) is 16.0 Å². The second kappa shape index (κ2) is 7.81. The maximum Gasteiger partial charge on any atom is 0.270 e. The smallest absolute Gasteiger partial charge is 0.270 e. The standard InChI is InChI=1S/C20H20ClN5O3/c1-25-8-6-12(7-9-25)20(27)22-19-16-10-13(2-5-18(16)23-24-19)15-11-14(26(28)29)3-4-17(15)21/h2-5,10-12H,6-9H2,1H3,(H2,22,23,24,27). The van der Waals surface area contributed by atoms with E-state index in [1.165, 1.54) is 18.2 Å². The number of nitrogens with zero attached hydrogens (tertiary/aromatic N) is 3. The molecule has 1 aliphatic rings. The Morgan fingerprint density at radius 3 is 2.76 bits per heavy atom. The molecule has 1 amide bonds. The minimum absolute atomic E-state index is 0.0347. The lowest BCUT2D eigenvalue weighted by Gasteiger charge is -2.27. The first kappa shape index (κ1) is 19.4. The number of non-ortho nitro benzene ring substituents is 1. The Kier molecular flexibility index (Phi) is 5.21. The van der Waals surface area contributed by atoms with E-state index in [0.717, 1.165) is 36.8 Å². The molecule has 0 aliphatic carbocycles. The van der Waals surface area contributed by atoms with Crippen LogP contribution in [0.3, 0.4) is 0 Å². The van der Waals surface area contributed by atoms with Crippen LogP contribution >= 0.6 is 11.6 Å². The second-order valence-corrected chi connectivity index (χ2v) is 7.73. The van der Waals surface area contributed by atoms with Gasteiger partial charge in [-0.05, 0) is 56.7 Å². The number of nitro benzene ring substituents is 1. The predicted molar refractivity (Wildman–Crippen MR) is 112 cm³/mol. The molecule has 3 aromatic rings. The Hall–Kier alpha value is -2.97. The van der Waals surface area contributed by atoms with Gasteiger partial charge in [-0.2, -0.15) is 5.10 Å². The number of carbonyl (C=O) groups excluding carboxylic acids is 1. The molecule has 4 rings (SSSR count). The van der Waals surface area contributed by atoms with E-state index in [-0.39, 0.29) is 17.5 Å². The molecule has 2 heterocycles. The highest BCUT2D eigenvalue weighted by Gasteiger charge is 2.24.